The van der Waals surface area contributed by atoms with Crippen molar-refractivity contribution in [1.82, 2.24) is 29.9 Å². The fourth-order valence-corrected chi connectivity index (χ4v) is 4.43. The summed E-state index contributed by atoms with van der Waals surface area (Å²) in [6.45, 7) is 4.28. The summed E-state index contributed by atoms with van der Waals surface area (Å²) in [5.41, 5.74) is 10.7. The van der Waals surface area contributed by atoms with Crippen LogP contribution in [-0.4, -0.2) is 63.1 Å². The standard InChI is InChI=1S/C23H31N9/c1-30-12-14-31(15-13-30)19-10-8-18(9-11-19)25-23-26-22(24)32(29-23)21-16-17-6-4-2-3-5-7-20(17)27-28-21/h8-11,16H,2-7,12-15H2,1H3,(H3,24,25,26,29). The Morgan fingerprint density at radius 1 is 0.906 bits per heavy atom. The zero-order valence-electron chi connectivity index (χ0n) is 18.7. The van der Waals surface area contributed by atoms with Crippen LogP contribution < -0.4 is 16.0 Å². The van der Waals surface area contributed by atoms with Crippen LogP contribution in [0.2, 0.25) is 0 Å². The minimum absolute atomic E-state index is 0.293. The van der Waals surface area contributed by atoms with Gasteiger partial charge in [0.1, 0.15) is 0 Å². The molecule has 168 valence electrons. The number of nitrogens with two attached hydrogens (primary N) is 1. The van der Waals surface area contributed by atoms with E-state index >= 15 is 0 Å². The number of hydrogen-bond acceptors (Lipinski definition) is 8. The number of nitrogen functional groups attached to an aromatic ring is 1. The summed E-state index contributed by atoms with van der Waals surface area (Å²) in [4.78, 5) is 9.15. The summed E-state index contributed by atoms with van der Waals surface area (Å²) in [5.74, 6) is 1.36. The molecule has 0 amide bonds. The highest BCUT2D eigenvalue weighted by atomic mass is 15.4. The third-order valence-corrected chi connectivity index (χ3v) is 6.40. The van der Waals surface area contributed by atoms with Gasteiger partial charge in [-0.3, -0.25) is 0 Å². The van der Waals surface area contributed by atoms with Gasteiger partial charge in [0.2, 0.25) is 11.9 Å². The van der Waals surface area contributed by atoms with E-state index < -0.39 is 0 Å². The molecule has 5 rings (SSSR count). The van der Waals surface area contributed by atoms with Crippen molar-refractivity contribution in [2.45, 2.75) is 38.5 Å². The largest absolute Gasteiger partial charge is 0.369 e. The van der Waals surface area contributed by atoms with Gasteiger partial charge in [0.05, 0.1) is 5.69 Å². The van der Waals surface area contributed by atoms with E-state index in [1.165, 1.54) is 36.9 Å². The fourth-order valence-electron chi connectivity index (χ4n) is 4.43. The Balaban J connectivity index is 1.30. The van der Waals surface area contributed by atoms with Crippen LogP contribution >= 0.6 is 0 Å². The number of benzene rings is 1. The predicted molar refractivity (Wildman–Crippen MR) is 127 cm³/mol. The lowest BCUT2D eigenvalue weighted by Gasteiger charge is -2.34. The molecule has 1 aromatic carbocycles. The van der Waals surface area contributed by atoms with Crippen LogP contribution in [0.1, 0.15) is 36.9 Å². The Morgan fingerprint density at radius 3 is 2.44 bits per heavy atom. The molecule has 3 heterocycles. The van der Waals surface area contributed by atoms with Gasteiger partial charge >= 0.3 is 0 Å². The van der Waals surface area contributed by atoms with Crippen LogP contribution in [0.25, 0.3) is 5.82 Å². The van der Waals surface area contributed by atoms with Crippen LogP contribution in [0.4, 0.5) is 23.3 Å². The minimum atomic E-state index is 0.293. The first kappa shape index (κ1) is 20.7. The van der Waals surface area contributed by atoms with E-state index in [9.17, 15) is 0 Å². The molecule has 1 aliphatic carbocycles. The first-order valence-corrected chi connectivity index (χ1v) is 11.5. The smallest absolute Gasteiger partial charge is 0.248 e. The average molecular weight is 434 g/mol. The van der Waals surface area contributed by atoms with Gasteiger partial charge in [0.25, 0.3) is 0 Å². The molecule has 2 aromatic heterocycles. The fraction of sp³-hybridized carbons (Fsp3) is 0.478. The highest BCUT2D eigenvalue weighted by molar-refractivity contribution is 5.60. The molecule has 3 N–H and O–H groups in total. The van der Waals surface area contributed by atoms with Crippen molar-refractivity contribution in [2.24, 2.45) is 0 Å². The molecular formula is C23H31N9. The zero-order chi connectivity index (χ0) is 21.9. The number of piperazine rings is 1. The van der Waals surface area contributed by atoms with Crippen molar-refractivity contribution >= 4 is 23.3 Å². The molecule has 1 aliphatic heterocycles. The molecule has 0 unspecified atom stereocenters. The monoisotopic (exact) mass is 433 g/mol. The second-order valence-electron chi connectivity index (χ2n) is 8.76. The average Bonchev–Trinajstić information content (AvgIpc) is 3.15. The van der Waals surface area contributed by atoms with E-state index in [1.54, 1.807) is 4.68 Å². The van der Waals surface area contributed by atoms with Crippen LogP contribution in [-0.2, 0) is 12.8 Å². The molecular weight excluding hydrogens is 402 g/mol. The third kappa shape index (κ3) is 4.52. The predicted octanol–water partition coefficient (Wildman–Crippen LogP) is 2.79. The normalized spacial score (nSPS) is 17.5. The molecule has 32 heavy (non-hydrogen) atoms. The molecule has 3 aromatic rings. The SMILES string of the molecule is CN1CCN(c2ccc(Nc3nc(N)n(-c4cc5c(nn4)CCCCCC5)n3)cc2)CC1. The number of likely N-dealkylation sites (N-methyl/N-ethyl adjacent to an activating group) is 1. The summed E-state index contributed by atoms with van der Waals surface area (Å²) in [6, 6.07) is 10.4. The molecule has 0 spiro atoms. The minimum Gasteiger partial charge on any atom is -0.369 e. The van der Waals surface area contributed by atoms with Crippen molar-refractivity contribution in [3.8, 4) is 5.82 Å². The van der Waals surface area contributed by atoms with Crippen molar-refractivity contribution in [3.05, 3.63) is 41.6 Å². The van der Waals surface area contributed by atoms with Crippen LogP contribution in [0.15, 0.2) is 30.3 Å². The number of nitrogens with zero attached hydrogens (tertiary/aromatic N) is 7. The van der Waals surface area contributed by atoms with E-state index in [4.69, 9.17) is 5.73 Å². The van der Waals surface area contributed by atoms with Crippen LogP contribution in [0.3, 0.4) is 0 Å². The van der Waals surface area contributed by atoms with E-state index in [2.05, 4.69) is 72.8 Å². The molecule has 0 atom stereocenters. The van der Waals surface area contributed by atoms with E-state index in [0.717, 1.165) is 50.4 Å². The van der Waals surface area contributed by atoms with Crippen molar-refractivity contribution < 1.29 is 0 Å². The van der Waals surface area contributed by atoms with Gasteiger partial charge < -0.3 is 20.9 Å². The maximum Gasteiger partial charge on any atom is 0.248 e. The van der Waals surface area contributed by atoms with Gasteiger partial charge in [0.15, 0.2) is 5.82 Å². The van der Waals surface area contributed by atoms with Crippen molar-refractivity contribution in [1.29, 1.82) is 0 Å². The van der Waals surface area contributed by atoms with Crippen molar-refractivity contribution in [3.63, 3.8) is 0 Å². The lowest BCUT2D eigenvalue weighted by molar-refractivity contribution is 0.313. The number of nitrogens with one attached hydrogen (secondary N) is 1. The van der Waals surface area contributed by atoms with E-state index in [0.29, 0.717) is 17.7 Å². The molecule has 0 bridgehead atoms. The summed E-state index contributed by atoms with van der Waals surface area (Å²) < 4.78 is 1.56. The van der Waals surface area contributed by atoms with Crippen molar-refractivity contribution in [2.75, 3.05) is 49.2 Å². The maximum absolute atomic E-state index is 6.16. The molecule has 2 aliphatic rings. The summed E-state index contributed by atoms with van der Waals surface area (Å²) in [5, 5.41) is 16.6. The maximum atomic E-state index is 6.16. The molecule has 0 saturated carbocycles. The number of aromatic nitrogens is 5. The number of fused-ring (bicyclic) bond motifs is 1. The third-order valence-electron chi connectivity index (χ3n) is 6.40. The zero-order valence-corrected chi connectivity index (χ0v) is 18.7. The summed E-state index contributed by atoms with van der Waals surface area (Å²) >= 11 is 0. The van der Waals surface area contributed by atoms with Gasteiger partial charge in [-0.1, -0.05) is 12.8 Å². The first-order chi connectivity index (χ1) is 15.7. The van der Waals surface area contributed by atoms with Gasteiger partial charge in [-0.15, -0.1) is 10.2 Å². The Kier molecular flexibility index (Phi) is 5.89. The molecule has 0 radical (unpaired) electrons. The number of aryl methyl sites for hydroxylation is 2. The van der Waals surface area contributed by atoms with Gasteiger partial charge in [-0.25, -0.2) is 0 Å². The van der Waals surface area contributed by atoms with Crippen LogP contribution in [0.5, 0.6) is 0 Å². The number of hydrogen-bond donors (Lipinski definition) is 2. The first-order valence-electron chi connectivity index (χ1n) is 11.5. The Bertz CT molecular complexity index is 1050. The summed E-state index contributed by atoms with van der Waals surface area (Å²) in [6.07, 6.45) is 6.91. The summed E-state index contributed by atoms with van der Waals surface area (Å²) in [7, 11) is 2.17. The second kappa shape index (κ2) is 9.12. The molecule has 1 fully saturated rings. The second-order valence-corrected chi connectivity index (χ2v) is 8.76. The van der Waals surface area contributed by atoms with E-state index in [-0.39, 0.29) is 0 Å². The highest BCUT2D eigenvalue weighted by Gasteiger charge is 2.16. The van der Waals surface area contributed by atoms with Gasteiger partial charge in [-0.2, -0.15) is 14.8 Å². The Morgan fingerprint density at radius 2 is 1.66 bits per heavy atom. The van der Waals surface area contributed by atoms with Crippen LogP contribution in [0, 0.1) is 0 Å². The number of rotatable bonds is 4. The quantitative estimate of drug-likeness (QED) is 0.648. The lowest BCUT2D eigenvalue weighted by atomic mass is 9.98. The van der Waals surface area contributed by atoms with E-state index in [1.807, 2.05) is 0 Å². The Hall–Kier alpha value is -3.20. The molecule has 1 saturated heterocycles. The number of anilines is 4. The van der Waals surface area contributed by atoms with Gasteiger partial charge in [-0.05, 0) is 68.6 Å². The molecule has 9 heteroatoms. The molecule has 9 nitrogen and oxygen atoms in total. The van der Waals surface area contributed by atoms with Gasteiger partial charge in [0, 0.05) is 37.6 Å². The Labute approximate surface area is 188 Å². The lowest BCUT2D eigenvalue weighted by Crippen LogP contribution is -2.44. The highest BCUT2D eigenvalue weighted by Crippen LogP contribution is 2.23. The topological polar surface area (TPSA) is 101 Å².